The molecule has 3 rings (SSSR count). The molecule has 1 aliphatic rings. The first-order chi connectivity index (χ1) is 9.56. The van der Waals surface area contributed by atoms with E-state index in [1.54, 1.807) is 0 Å². The van der Waals surface area contributed by atoms with E-state index >= 15 is 0 Å². The summed E-state index contributed by atoms with van der Waals surface area (Å²) in [4.78, 5) is 14.8. The molecule has 3 N–H and O–H groups in total. The molecule has 0 saturated carbocycles. The largest absolute Gasteiger partial charge is 0.390 e. The summed E-state index contributed by atoms with van der Waals surface area (Å²) in [5.41, 5.74) is 2.27. The molecule has 0 aliphatic heterocycles. The van der Waals surface area contributed by atoms with Gasteiger partial charge < -0.3 is 15.4 Å². The van der Waals surface area contributed by atoms with Gasteiger partial charge in [0.25, 0.3) is 5.91 Å². The fourth-order valence-electron chi connectivity index (χ4n) is 2.49. The van der Waals surface area contributed by atoms with Gasteiger partial charge in [-0.25, -0.2) is 0 Å². The van der Waals surface area contributed by atoms with Crippen molar-refractivity contribution in [3.05, 3.63) is 57.3 Å². The highest BCUT2D eigenvalue weighted by atomic mass is 35.5. The molecule has 0 fully saturated rings. The van der Waals surface area contributed by atoms with E-state index in [1.165, 1.54) is 6.07 Å². The lowest BCUT2D eigenvalue weighted by Gasteiger charge is -2.17. The Hall–Kier alpha value is -1.49. The summed E-state index contributed by atoms with van der Waals surface area (Å²) in [6.07, 6.45) is -0.0925. The molecule has 2 aromatic rings. The summed E-state index contributed by atoms with van der Waals surface area (Å²) in [5.74, 6) is -0.348. The van der Waals surface area contributed by atoms with E-state index in [0.717, 1.165) is 11.1 Å². The number of carbonyl (C=O) groups is 1. The van der Waals surface area contributed by atoms with Crippen molar-refractivity contribution >= 4 is 29.1 Å². The molecular formula is C14H12Cl2N2O2. The topological polar surface area (TPSA) is 65.1 Å². The lowest BCUT2D eigenvalue weighted by Crippen LogP contribution is -2.34. The number of amides is 1. The zero-order chi connectivity index (χ0) is 14.3. The van der Waals surface area contributed by atoms with Crippen molar-refractivity contribution < 1.29 is 9.90 Å². The Kier molecular flexibility index (Phi) is 3.46. The van der Waals surface area contributed by atoms with Gasteiger partial charge in [-0.3, -0.25) is 4.79 Å². The standard InChI is InChI=1S/C14H12Cl2N2O2/c15-9-6-10(17-13(9)16)14(20)18-12-8-4-2-1-3-7(8)5-11(12)19/h1-4,6,11-12,17,19H,5H2,(H,18,20). The molecule has 20 heavy (non-hydrogen) atoms. The number of H-pyrrole nitrogens is 1. The van der Waals surface area contributed by atoms with Gasteiger partial charge in [0.2, 0.25) is 0 Å². The highest BCUT2D eigenvalue weighted by molar-refractivity contribution is 6.41. The number of hydrogen-bond acceptors (Lipinski definition) is 2. The van der Waals surface area contributed by atoms with Gasteiger partial charge >= 0.3 is 0 Å². The molecular weight excluding hydrogens is 299 g/mol. The van der Waals surface area contributed by atoms with Crippen LogP contribution in [0.15, 0.2) is 30.3 Å². The Bertz CT molecular complexity index is 649. The summed E-state index contributed by atoms with van der Waals surface area (Å²) in [7, 11) is 0. The number of aliphatic hydroxyl groups excluding tert-OH is 1. The maximum Gasteiger partial charge on any atom is 0.268 e. The predicted octanol–water partition coefficient (Wildman–Crippen LogP) is 2.71. The normalized spacial score (nSPS) is 20.8. The molecule has 1 aromatic heterocycles. The van der Waals surface area contributed by atoms with Crippen molar-refractivity contribution in [3.8, 4) is 0 Å². The van der Waals surface area contributed by atoms with Crippen LogP contribution in [-0.2, 0) is 6.42 Å². The second-order valence-electron chi connectivity index (χ2n) is 4.77. The Labute approximate surface area is 125 Å². The number of halogens is 2. The van der Waals surface area contributed by atoms with Crippen LogP contribution in [0.25, 0.3) is 0 Å². The van der Waals surface area contributed by atoms with E-state index in [9.17, 15) is 9.90 Å². The molecule has 0 saturated heterocycles. The number of aromatic amines is 1. The van der Waals surface area contributed by atoms with E-state index in [-0.39, 0.29) is 16.8 Å². The van der Waals surface area contributed by atoms with Crippen LogP contribution in [0.3, 0.4) is 0 Å². The van der Waals surface area contributed by atoms with Crippen LogP contribution in [0.5, 0.6) is 0 Å². The molecule has 2 atom stereocenters. The first kappa shape index (κ1) is 13.5. The minimum absolute atomic E-state index is 0.226. The van der Waals surface area contributed by atoms with Crippen LogP contribution in [0.2, 0.25) is 10.2 Å². The van der Waals surface area contributed by atoms with E-state index in [2.05, 4.69) is 10.3 Å². The number of rotatable bonds is 2. The fourth-order valence-corrected chi connectivity index (χ4v) is 2.81. The van der Waals surface area contributed by atoms with Crippen molar-refractivity contribution in [1.29, 1.82) is 0 Å². The second kappa shape index (κ2) is 5.13. The highest BCUT2D eigenvalue weighted by Crippen LogP contribution is 2.31. The summed E-state index contributed by atoms with van der Waals surface area (Å²) in [5, 5.41) is 13.4. The Morgan fingerprint density at radius 1 is 1.35 bits per heavy atom. The smallest absolute Gasteiger partial charge is 0.268 e. The van der Waals surface area contributed by atoms with E-state index in [0.29, 0.717) is 11.4 Å². The Morgan fingerprint density at radius 2 is 2.10 bits per heavy atom. The van der Waals surface area contributed by atoms with Crippen molar-refractivity contribution in [1.82, 2.24) is 10.3 Å². The molecule has 0 spiro atoms. The number of hydrogen-bond donors (Lipinski definition) is 3. The number of aromatic nitrogens is 1. The number of benzene rings is 1. The molecule has 0 bridgehead atoms. The zero-order valence-electron chi connectivity index (χ0n) is 10.4. The van der Waals surface area contributed by atoms with Crippen molar-refractivity contribution in [2.24, 2.45) is 0 Å². The Balaban J connectivity index is 1.83. The molecule has 4 nitrogen and oxygen atoms in total. The summed E-state index contributed by atoms with van der Waals surface area (Å²) < 4.78 is 0. The number of aliphatic hydroxyl groups is 1. The predicted molar refractivity (Wildman–Crippen MR) is 77.2 cm³/mol. The van der Waals surface area contributed by atoms with Crippen molar-refractivity contribution in [2.45, 2.75) is 18.6 Å². The van der Waals surface area contributed by atoms with Gasteiger partial charge in [0.15, 0.2) is 0 Å². The first-order valence-electron chi connectivity index (χ1n) is 6.17. The van der Waals surface area contributed by atoms with Crippen molar-refractivity contribution in [2.75, 3.05) is 0 Å². The van der Waals surface area contributed by atoms with Gasteiger partial charge in [-0.15, -0.1) is 0 Å². The summed E-state index contributed by atoms with van der Waals surface area (Å²) in [6.45, 7) is 0. The van der Waals surface area contributed by atoms with Crippen LogP contribution in [0.4, 0.5) is 0 Å². The molecule has 1 aromatic carbocycles. The van der Waals surface area contributed by atoms with E-state index in [1.807, 2.05) is 24.3 Å². The minimum atomic E-state index is -0.628. The minimum Gasteiger partial charge on any atom is -0.390 e. The first-order valence-corrected chi connectivity index (χ1v) is 6.92. The van der Waals surface area contributed by atoms with E-state index in [4.69, 9.17) is 23.2 Å². The molecule has 6 heteroatoms. The lowest BCUT2D eigenvalue weighted by atomic mass is 10.1. The SMILES string of the molecule is O=C(NC1c2ccccc2CC1O)c1cc(Cl)c(Cl)[nH]1. The third-order valence-electron chi connectivity index (χ3n) is 3.46. The maximum atomic E-state index is 12.2. The van der Waals surface area contributed by atoms with Gasteiger partial charge in [0.1, 0.15) is 10.8 Å². The van der Waals surface area contributed by atoms with Gasteiger partial charge in [-0.1, -0.05) is 47.5 Å². The third-order valence-corrected chi connectivity index (χ3v) is 4.15. The average Bonchev–Trinajstić information content (AvgIpc) is 2.91. The van der Waals surface area contributed by atoms with Crippen LogP contribution in [-0.4, -0.2) is 22.1 Å². The van der Waals surface area contributed by atoms with Crippen LogP contribution in [0.1, 0.15) is 27.7 Å². The van der Waals surface area contributed by atoms with Crippen LogP contribution >= 0.6 is 23.2 Å². The third kappa shape index (κ3) is 2.30. The molecule has 1 amide bonds. The summed E-state index contributed by atoms with van der Waals surface area (Å²) in [6, 6.07) is 8.71. The second-order valence-corrected chi connectivity index (χ2v) is 5.55. The van der Waals surface area contributed by atoms with Crippen LogP contribution in [0, 0.1) is 0 Å². The van der Waals surface area contributed by atoms with E-state index < -0.39 is 12.1 Å². The fraction of sp³-hybridized carbons (Fsp3) is 0.214. The zero-order valence-corrected chi connectivity index (χ0v) is 11.9. The quantitative estimate of drug-likeness (QED) is 0.798. The van der Waals surface area contributed by atoms with Gasteiger partial charge in [0.05, 0.1) is 17.2 Å². The number of carbonyl (C=O) groups excluding carboxylic acids is 1. The van der Waals surface area contributed by atoms with Crippen molar-refractivity contribution in [3.63, 3.8) is 0 Å². The molecule has 1 heterocycles. The summed E-state index contributed by atoms with van der Waals surface area (Å²) >= 11 is 11.6. The van der Waals surface area contributed by atoms with Gasteiger partial charge in [-0.2, -0.15) is 0 Å². The maximum absolute atomic E-state index is 12.2. The van der Waals surface area contributed by atoms with Crippen LogP contribution < -0.4 is 5.32 Å². The van der Waals surface area contributed by atoms with Gasteiger partial charge in [-0.05, 0) is 17.2 Å². The number of fused-ring (bicyclic) bond motifs is 1. The Morgan fingerprint density at radius 3 is 2.80 bits per heavy atom. The number of nitrogens with one attached hydrogen (secondary N) is 2. The molecule has 0 radical (unpaired) electrons. The molecule has 1 aliphatic carbocycles. The van der Waals surface area contributed by atoms with Gasteiger partial charge in [0, 0.05) is 6.42 Å². The monoisotopic (exact) mass is 310 g/mol. The highest BCUT2D eigenvalue weighted by Gasteiger charge is 2.32. The average molecular weight is 311 g/mol. The molecule has 2 unspecified atom stereocenters. The lowest BCUT2D eigenvalue weighted by molar-refractivity contribution is 0.0854. The molecule has 104 valence electrons.